The molecule has 0 saturated carbocycles. The lowest BCUT2D eigenvalue weighted by molar-refractivity contribution is 0.375. The van der Waals surface area contributed by atoms with Gasteiger partial charge in [-0.1, -0.05) is 6.92 Å². The summed E-state index contributed by atoms with van der Waals surface area (Å²) in [5.74, 6) is 0.620. The fourth-order valence-corrected chi connectivity index (χ4v) is 4.51. The van der Waals surface area contributed by atoms with E-state index in [1.165, 1.54) is 21.9 Å². The van der Waals surface area contributed by atoms with Crippen LogP contribution in [0.1, 0.15) is 17.6 Å². The lowest BCUT2D eigenvalue weighted by atomic mass is 10.4. The van der Waals surface area contributed by atoms with Crippen LogP contribution in [0.3, 0.4) is 0 Å². The molecule has 0 spiro atoms. The molecule has 2 N–H and O–H groups in total. The van der Waals surface area contributed by atoms with E-state index in [4.69, 9.17) is 10.2 Å². The van der Waals surface area contributed by atoms with Crippen LogP contribution in [0.15, 0.2) is 39.2 Å². The molecule has 0 aliphatic carbocycles. The van der Waals surface area contributed by atoms with Crippen molar-refractivity contribution in [2.45, 2.75) is 24.9 Å². The first-order valence-corrected chi connectivity index (χ1v) is 8.20. The first-order chi connectivity index (χ1) is 9.09. The summed E-state index contributed by atoms with van der Waals surface area (Å²) in [7, 11) is -3.52. The summed E-state index contributed by atoms with van der Waals surface area (Å²) in [4.78, 5) is 0.978. The number of sulfonamides is 1. The monoisotopic (exact) mass is 300 g/mol. The van der Waals surface area contributed by atoms with Crippen molar-refractivity contribution in [1.29, 1.82) is 0 Å². The maximum absolute atomic E-state index is 12.6. The highest BCUT2D eigenvalue weighted by molar-refractivity contribution is 7.89. The van der Waals surface area contributed by atoms with E-state index < -0.39 is 10.0 Å². The molecule has 0 fully saturated rings. The van der Waals surface area contributed by atoms with Crippen molar-refractivity contribution >= 4 is 21.4 Å². The van der Waals surface area contributed by atoms with Gasteiger partial charge < -0.3 is 10.2 Å². The summed E-state index contributed by atoms with van der Waals surface area (Å²) in [6, 6.07) is 5.11. The Labute approximate surface area is 116 Å². The number of thiophene rings is 1. The zero-order valence-electron chi connectivity index (χ0n) is 10.6. The predicted molar refractivity (Wildman–Crippen MR) is 74.2 cm³/mol. The van der Waals surface area contributed by atoms with Crippen LogP contribution < -0.4 is 5.73 Å². The summed E-state index contributed by atoms with van der Waals surface area (Å²) in [5.41, 5.74) is 5.58. The highest BCUT2D eigenvalue weighted by Gasteiger charge is 2.26. The average Bonchev–Trinajstić information content (AvgIpc) is 3.06. The van der Waals surface area contributed by atoms with Gasteiger partial charge in [0.1, 0.15) is 5.76 Å². The second-order valence-corrected chi connectivity index (χ2v) is 6.83. The van der Waals surface area contributed by atoms with Gasteiger partial charge in [-0.3, -0.25) is 0 Å². The minimum Gasteiger partial charge on any atom is -0.468 e. The number of hydrogen-bond donors (Lipinski definition) is 1. The third kappa shape index (κ3) is 2.89. The van der Waals surface area contributed by atoms with Crippen molar-refractivity contribution in [3.8, 4) is 0 Å². The molecule has 5 nitrogen and oxygen atoms in total. The van der Waals surface area contributed by atoms with Crippen LogP contribution in [-0.4, -0.2) is 19.3 Å². The minimum absolute atomic E-state index is 0.227. The molecule has 7 heteroatoms. The van der Waals surface area contributed by atoms with Gasteiger partial charge in [-0.2, -0.15) is 4.31 Å². The smallest absolute Gasteiger partial charge is 0.244 e. The number of rotatable bonds is 6. The maximum atomic E-state index is 12.6. The minimum atomic E-state index is -3.52. The van der Waals surface area contributed by atoms with Crippen LogP contribution in [0.25, 0.3) is 0 Å². The van der Waals surface area contributed by atoms with Crippen LogP contribution >= 0.6 is 11.3 Å². The van der Waals surface area contributed by atoms with Crippen LogP contribution in [0.2, 0.25) is 0 Å². The molecular weight excluding hydrogens is 284 g/mol. The molecule has 2 rings (SSSR count). The van der Waals surface area contributed by atoms with Gasteiger partial charge >= 0.3 is 0 Å². The first kappa shape index (κ1) is 14.3. The van der Waals surface area contributed by atoms with Crippen molar-refractivity contribution in [3.63, 3.8) is 0 Å². The molecule has 0 amide bonds. The van der Waals surface area contributed by atoms with Crippen LogP contribution in [0.5, 0.6) is 0 Å². The van der Waals surface area contributed by atoms with Gasteiger partial charge in [0, 0.05) is 18.0 Å². The highest BCUT2D eigenvalue weighted by atomic mass is 32.2. The van der Waals surface area contributed by atoms with E-state index in [0.29, 0.717) is 22.1 Å². The summed E-state index contributed by atoms with van der Waals surface area (Å²) >= 11 is 1.36. The van der Waals surface area contributed by atoms with Crippen LogP contribution in [0, 0.1) is 0 Å². The third-order valence-electron chi connectivity index (χ3n) is 2.77. The van der Waals surface area contributed by atoms with Crippen LogP contribution in [0.4, 0.5) is 0 Å². The summed E-state index contributed by atoms with van der Waals surface area (Å²) in [5, 5.41) is 1.75. The molecule has 0 unspecified atom stereocenters. The standard InChI is InChI=1S/C12H16N2O3S2/c1-2-14(9-10-4-3-6-17-10)19(15,16)12-5-7-18-11(12)8-13/h3-7H,2,8-9,13H2,1H3. The van der Waals surface area contributed by atoms with Crippen molar-refractivity contribution in [1.82, 2.24) is 4.31 Å². The van der Waals surface area contributed by atoms with Crippen LogP contribution in [-0.2, 0) is 23.1 Å². The molecule has 2 aromatic heterocycles. The quantitative estimate of drug-likeness (QED) is 0.885. The second kappa shape index (κ2) is 5.87. The zero-order valence-corrected chi connectivity index (χ0v) is 12.2. The lowest BCUT2D eigenvalue weighted by Crippen LogP contribution is -2.30. The van der Waals surface area contributed by atoms with E-state index in [-0.39, 0.29) is 13.1 Å². The summed E-state index contributed by atoms with van der Waals surface area (Å²) < 4.78 is 31.7. The SMILES string of the molecule is CCN(Cc1ccco1)S(=O)(=O)c1ccsc1CN. The van der Waals surface area contributed by atoms with Gasteiger partial charge in [0.2, 0.25) is 10.0 Å². The Hall–Kier alpha value is -1.15. The van der Waals surface area contributed by atoms with E-state index in [9.17, 15) is 8.42 Å². The average molecular weight is 300 g/mol. The summed E-state index contributed by atoms with van der Waals surface area (Å²) in [6.07, 6.45) is 1.53. The molecule has 19 heavy (non-hydrogen) atoms. The second-order valence-electron chi connectivity index (χ2n) is 3.92. The van der Waals surface area contributed by atoms with Crippen molar-refractivity contribution in [2.75, 3.05) is 6.54 Å². The van der Waals surface area contributed by atoms with Gasteiger partial charge in [-0.25, -0.2) is 8.42 Å². The normalized spacial score (nSPS) is 12.2. The Morgan fingerprint density at radius 3 is 2.79 bits per heavy atom. The fourth-order valence-electron chi connectivity index (χ4n) is 1.79. The van der Waals surface area contributed by atoms with E-state index >= 15 is 0 Å². The number of hydrogen-bond acceptors (Lipinski definition) is 5. The topological polar surface area (TPSA) is 76.5 Å². The maximum Gasteiger partial charge on any atom is 0.244 e. The van der Waals surface area contributed by atoms with E-state index in [1.54, 1.807) is 30.5 Å². The number of nitrogens with two attached hydrogens (primary N) is 1. The Balaban J connectivity index is 2.31. The molecule has 0 aliphatic rings. The van der Waals surface area contributed by atoms with E-state index in [0.717, 1.165) is 0 Å². The van der Waals surface area contributed by atoms with E-state index in [2.05, 4.69) is 0 Å². The molecule has 0 radical (unpaired) electrons. The molecule has 0 aromatic carbocycles. The van der Waals surface area contributed by atoms with Crippen molar-refractivity contribution in [3.05, 3.63) is 40.5 Å². The Morgan fingerprint density at radius 1 is 1.42 bits per heavy atom. The van der Waals surface area contributed by atoms with Gasteiger partial charge in [-0.05, 0) is 23.6 Å². The van der Waals surface area contributed by atoms with Gasteiger partial charge in [0.25, 0.3) is 0 Å². The molecule has 0 atom stereocenters. The molecule has 2 heterocycles. The highest BCUT2D eigenvalue weighted by Crippen LogP contribution is 2.25. The summed E-state index contributed by atoms with van der Waals surface area (Å²) in [6.45, 7) is 2.63. The molecule has 0 aliphatic heterocycles. The zero-order chi connectivity index (χ0) is 13.9. The van der Waals surface area contributed by atoms with Gasteiger partial charge in [0.05, 0.1) is 17.7 Å². The first-order valence-electron chi connectivity index (χ1n) is 5.88. The van der Waals surface area contributed by atoms with Gasteiger partial charge in [0.15, 0.2) is 0 Å². The van der Waals surface area contributed by atoms with E-state index in [1.807, 2.05) is 0 Å². The lowest BCUT2D eigenvalue weighted by Gasteiger charge is -2.19. The molecule has 104 valence electrons. The third-order valence-corrected chi connectivity index (χ3v) is 5.85. The number of furan rings is 1. The Kier molecular flexibility index (Phi) is 4.41. The Morgan fingerprint density at radius 2 is 2.21 bits per heavy atom. The Bertz CT molecular complexity index is 617. The van der Waals surface area contributed by atoms with Gasteiger partial charge in [-0.15, -0.1) is 11.3 Å². The van der Waals surface area contributed by atoms with Crippen molar-refractivity contribution < 1.29 is 12.8 Å². The predicted octanol–water partition coefficient (Wildman–Crippen LogP) is 2.01. The molecule has 2 aromatic rings. The molecule has 0 saturated heterocycles. The molecule has 0 bridgehead atoms. The number of nitrogens with zero attached hydrogens (tertiary/aromatic N) is 1. The van der Waals surface area contributed by atoms with Crippen molar-refractivity contribution in [2.24, 2.45) is 5.73 Å². The fraction of sp³-hybridized carbons (Fsp3) is 0.333. The molecular formula is C12H16N2O3S2. The largest absolute Gasteiger partial charge is 0.468 e.